The maximum Gasteiger partial charge on any atom is 0.307 e. The topological polar surface area (TPSA) is 107 Å². The van der Waals surface area contributed by atoms with Crippen molar-refractivity contribution in [2.45, 2.75) is 55.4 Å². The van der Waals surface area contributed by atoms with Gasteiger partial charge in [0.25, 0.3) is 10.0 Å². The summed E-state index contributed by atoms with van der Waals surface area (Å²) in [7, 11) is -2.30. The van der Waals surface area contributed by atoms with Gasteiger partial charge in [0.1, 0.15) is 4.21 Å². The van der Waals surface area contributed by atoms with Gasteiger partial charge in [-0.1, -0.05) is 42.5 Å². The van der Waals surface area contributed by atoms with Crippen molar-refractivity contribution in [2.75, 3.05) is 20.1 Å². The van der Waals surface area contributed by atoms with Gasteiger partial charge in [-0.15, -0.1) is 11.3 Å². The number of hydrogen-bond acceptors (Lipinski definition) is 6. The normalized spacial score (nSPS) is 15.1. The summed E-state index contributed by atoms with van der Waals surface area (Å²) in [6.45, 7) is 4.52. The molecule has 204 valence electrons. The fourth-order valence-electron chi connectivity index (χ4n) is 5.22. The van der Waals surface area contributed by atoms with E-state index < -0.39 is 22.1 Å². The summed E-state index contributed by atoms with van der Waals surface area (Å²) in [4.78, 5) is 11.8. The number of aliphatic hydroxyl groups is 1. The molecule has 0 saturated carbocycles. The molecule has 1 heterocycles. The van der Waals surface area contributed by atoms with Gasteiger partial charge in [0.2, 0.25) is 0 Å². The van der Waals surface area contributed by atoms with Crippen molar-refractivity contribution in [1.29, 1.82) is 0 Å². The quantitative estimate of drug-likeness (QED) is 0.309. The molecule has 0 fully saturated rings. The first-order valence-corrected chi connectivity index (χ1v) is 15.1. The van der Waals surface area contributed by atoms with Crippen LogP contribution in [0.5, 0.6) is 0 Å². The number of benzene rings is 2. The van der Waals surface area contributed by atoms with Crippen LogP contribution in [0, 0.1) is 5.92 Å². The highest BCUT2D eigenvalue weighted by molar-refractivity contribution is 7.91. The second kappa shape index (κ2) is 11.7. The van der Waals surface area contributed by atoms with Crippen LogP contribution in [0.3, 0.4) is 0 Å². The minimum Gasteiger partial charge on any atom is -0.481 e. The molecule has 1 aliphatic rings. The van der Waals surface area contributed by atoms with Gasteiger partial charge in [0.15, 0.2) is 0 Å². The lowest BCUT2D eigenvalue weighted by molar-refractivity contribution is -0.136. The van der Waals surface area contributed by atoms with E-state index in [1.165, 1.54) is 22.5 Å². The lowest BCUT2D eigenvalue weighted by Crippen LogP contribution is -2.47. The van der Waals surface area contributed by atoms with Crippen LogP contribution in [-0.2, 0) is 34.1 Å². The number of rotatable bonds is 12. The highest BCUT2D eigenvalue weighted by Gasteiger charge is 2.30. The Morgan fingerprint density at radius 2 is 1.79 bits per heavy atom. The third-order valence-corrected chi connectivity index (χ3v) is 10.5. The van der Waals surface area contributed by atoms with Crippen molar-refractivity contribution in [3.63, 3.8) is 0 Å². The fraction of sp³-hybridized carbons (Fsp3) is 0.414. The molecule has 0 spiro atoms. The van der Waals surface area contributed by atoms with Crippen molar-refractivity contribution in [1.82, 2.24) is 9.62 Å². The molecule has 1 unspecified atom stereocenters. The van der Waals surface area contributed by atoms with Crippen LogP contribution in [-0.4, -0.2) is 60.7 Å². The largest absolute Gasteiger partial charge is 0.481 e. The van der Waals surface area contributed by atoms with Gasteiger partial charge in [-0.3, -0.25) is 4.79 Å². The molecule has 0 radical (unpaired) electrons. The minimum atomic E-state index is -3.78. The molecule has 1 aliphatic carbocycles. The van der Waals surface area contributed by atoms with Crippen molar-refractivity contribution < 1.29 is 23.4 Å². The minimum absolute atomic E-state index is 0.0262. The van der Waals surface area contributed by atoms with E-state index >= 15 is 0 Å². The van der Waals surface area contributed by atoms with Crippen molar-refractivity contribution in [3.8, 4) is 10.4 Å². The van der Waals surface area contributed by atoms with Crippen LogP contribution in [0.1, 0.15) is 37.0 Å². The number of carboxylic acids is 1. The lowest BCUT2D eigenvalue weighted by Gasteiger charge is -2.31. The molecule has 2 aromatic carbocycles. The van der Waals surface area contributed by atoms with E-state index in [4.69, 9.17) is 5.11 Å². The number of carboxylic acid groups (broad SMARTS) is 1. The lowest BCUT2D eigenvalue weighted by atomic mass is 9.88. The third kappa shape index (κ3) is 7.09. The zero-order valence-corrected chi connectivity index (χ0v) is 23.7. The Balaban J connectivity index is 1.31. The monoisotopic (exact) mass is 556 g/mol. The van der Waals surface area contributed by atoms with Crippen LogP contribution in [0.25, 0.3) is 10.4 Å². The van der Waals surface area contributed by atoms with Crippen LogP contribution in [0.2, 0.25) is 0 Å². The zero-order valence-electron chi connectivity index (χ0n) is 22.1. The number of aliphatic hydroxyl groups excluding tert-OH is 1. The van der Waals surface area contributed by atoms with E-state index in [0.29, 0.717) is 18.0 Å². The average molecular weight is 557 g/mol. The second-order valence-electron chi connectivity index (χ2n) is 10.8. The number of likely N-dealkylation sites (N-methyl/N-ethyl adjacent to an activating group) is 1. The zero-order chi connectivity index (χ0) is 27.5. The Hall–Kier alpha value is -2.56. The first kappa shape index (κ1) is 28.4. The molecule has 4 rings (SSSR count). The number of carbonyl (C=O) groups is 1. The summed E-state index contributed by atoms with van der Waals surface area (Å²) in [6, 6.07) is 19.0. The highest BCUT2D eigenvalue weighted by atomic mass is 32.2. The van der Waals surface area contributed by atoms with E-state index in [0.717, 1.165) is 41.0 Å². The van der Waals surface area contributed by atoms with Crippen LogP contribution in [0.15, 0.2) is 64.9 Å². The van der Waals surface area contributed by atoms with Crippen molar-refractivity contribution in [3.05, 3.63) is 77.4 Å². The Morgan fingerprint density at radius 3 is 2.45 bits per heavy atom. The van der Waals surface area contributed by atoms with Crippen LogP contribution >= 0.6 is 11.3 Å². The van der Waals surface area contributed by atoms with Gasteiger partial charge in [-0.25, -0.2) is 8.42 Å². The summed E-state index contributed by atoms with van der Waals surface area (Å²) < 4.78 is 27.8. The Bertz CT molecular complexity index is 1360. The third-order valence-electron chi connectivity index (χ3n) is 7.03. The number of nitrogens with one attached hydrogen (secondary N) is 1. The average Bonchev–Trinajstić information content (AvgIpc) is 3.50. The maximum absolute atomic E-state index is 13.2. The predicted molar refractivity (Wildman–Crippen MR) is 151 cm³/mol. The van der Waals surface area contributed by atoms with Gasteiger partial charge in [-0.05, 0) is 79.5 Å². The maximum atomic E-state index is 13.2. The Labute approximate surface area is 229 Å². The number of fused-ring (bicyclic) bond motifs is 1. The number of nitrogens with zero attached hydrogens (tertiary/aromatic N) is 1. The molecular formula is C29H36N2O5S2. The van der Waals surface area contributed by atoms with Gasteiger partial charge >= 0.3 is 5.97 Å². The first-order chi connectivity index (χ1) is 17.9. The second-order valence-corrected chi connectivity index (χ2v) is 14.2. The number of hydrogen-bond donors (Lipinski definition) is 3. The van der Waals surface area contributed by atoms with Crippen LogP contribution in [0.4, 0.5) is 0 Å². The molecule has 3 N–H and O–H groups in total. The van der Waals surface area contributed by atoms with Gasteiger partial charge < -0.3 is 15.5 Å². The standard InChI is InChI=1S/C29H36N2O5S2/c1-29(2,17-21-14-22-8-4-5-9-23(22)15-21)30-18-25(32)19-31(3)38(35,36)28-12-11-26(37-28)24-10-6-7-20(13-24)16-27(33)34/h4-13,21,25,30,32H,14-19H2,1-3H3,(H,33,34). The molecule has 7 nitrogen and oxygen atoms in total. The van der Waals surface area contributed by atoms with Gasteiger partial charge in [0.05, 0.1) is 12.5 Å². The summed E-state index contributed by atoms with van der Waals surface area (Å²) in [5.74, 6) is -0.369. The number of thiophene rings is 1. The molecule has 38 heavy (non-hydrogen) atoms. The van der Waals surface area contributed by atoms with E-state index in [1.807, 2.05) is 6.07 Å². The Kier molecular flexibility index (Phi) is 8.74. The summed E-state index contributed by atoms with van der Waals surface area (Å²) in [5.41, 5.74) is 4.08. The molecule has 1 atom stereocenters. The molecule has 0 bridgehead atoms. The number of β-amino-alcohol motifs (C(OH)–C–C–N with tert-alkyl or cyclic N) is 1. The SMILES string of the molecule is CN(CC(O)CNC(C)(C)CC1Cc2ccccc2C1)S(=O)(=O)c1ccc(-c2cccc(CC(=O)O)c2)s1. The fourth-order valence-corrected chi connectivity index (χ4v) is 7.94. The number of sulfonamides is 1. The highest BCUT2D eigenvalue weighted by Crippen LogP contribution is 2.33. The number of aliphatic carboxylic acids is 1. The molecule has 1 aromatic heterocycles. The van der Waals surface area contributed by atoms with E-state index in [-0.39, 0.29) is 22.7 Å². The van der Waals surface area contributed by atoms with Crippen molar-refractivity contribution >= 4 is 27.3 Å². The van der Waals surface area contributed by atoms with Crippen LogP contribution < -0.4 is 5.32 Å². The van der Waals surface area contributed by atoms with E-state index in [2.05, 4.69) is 43.4 Å². The smallest absolute Gasteiger partial charge is 0.307 e. The summed E-state index contributed by atoms with van der Waals surface area (Å²) in [6.07, 6.45) is 2.15. The van der Waals surface area contributed by atoms with Crippen molar-refractivity contribution in [2.24, 2.45) is 5.92 Å². The molecule has 0 aliphatic heterocycles. The predicted octanol–water partition coefficient (Wildman–Crippen LogP) is 4.20. The van der Waals surface area contributed by atoms with Gasteiger partial charge in [0, 0.05) is 30.6 Å². The van der Waals surface area contributed by atoms with E-state index in [1.54, 1.807) is 30.3 Å². The molecule has 0 amide bonds. The van der Waals surface area contributed by atoms with E-state index in [9.17, 15) is 18.3 Å². The summed E-state index contributed by atoms with van der Waals surface area (Å²) in [5, 5.41) is 23.2. The Morgan fingerprint density at radius 1 is 1.11 bits per heavy atom. The molecular weight excluding hydrogens is 520 g/mol. The molecule has 3 aromatic rings. The summed E-state index contributed by atoms with van der Waals surface area (Å²) >= 11 is 1.13. The first-order valence-electron chi connectivity index (χ1n) is 12.8. The molecule has 0 saturated heterocycles. The van der Waals surface area contributed by atoms with Gasteiger partial charge in [-0.2, -0.15) is 4.31 Å². The molecule has 9 heteroatoms.